The van der Waals surface area contributed by atoms with Crippen LogP contribution in [-0.4, -0.2) is 36.5 Å². The number of nitrogens with zero attached hydrogens (tertiary/aromatic N) is 1. The summed E-state index contributed by atoms with van der Waals surface area (Å²) in [5.74, 6) is 0. The van der Waals surface area contributed by atoms with Gasteiger partial charge in [-0.2, -0.15) is 0 Å². The summed E-state index contributed by atoms with van der Waals surface area (Å²) in [5, 5.41) is 9.35. The van der Waals surface area contributed by atoms with Gasteiger partial charge in [-0.25, -0.2) is 0 Å². The summed E-state index contributed by atoms with van der Waals surface area (Å²) >= 11 is 0. The van der Waals surface area contributed by atoms with Gasteiger partial charge in [-0.05, 0) is 39.3 Å². The van der Waals surface area contributed by atoms with Crippen molar-refractivity contribution in [2.75, 3.05) is 19.6 Å². The summed E-state index contributed by atoms with van der Waals surface area (Å²) in [6.07, 6.45) is 3.29. The average molecular weight is 172 g/mol. The highest BCUT2D eigenvalue weighted by atomic mass is 16.2. The maximum atomic E-state index is 9.35. The molecule has 4 heteroatoms. The Morgan fingerprint density at radius 1 is 1.33 bits per heavy atom. The van der Waals surface area contributed by atoms with Gasteiger partial charge < -0.3 is 15.6 Å². The predicted molar refractivity (Wildman–Crippen MR) is 54.0 cm³/mol. The molecule has 0 spiro atoms. The third-order valence-electron chi connectivity index (χ3n) is 1.98. The van der Waals surface area contributed by atoms with Gasteiger partial charge in [0, 0.05) is 0 Å². The van der Waals surface area contributed by atoms with E-state index in [4.69, 9.17) is 5.73 Å². The zero-order valence-corrected chi connectivity index (χ0v) is 8.29. The van der Waals surface area contributed by atoms with Crippen LogP contribution >= 0.6 is 0 Å². The van der Waals surface area contributed by atoms with Gasteiger partial charge in [0.25, 0.3) is 0 Å². The fraction of sp³-hybridized carbons (Fsp3) is 1.00. The molecule has 0 aromatic rings. The second kappa shape index (κ2) is 7.59. The molecule has 0 fully saturated rings. The highest BCUT2D eigenvalue weighted by molar-refractivity contribution is 6.45. The molecule has 3 nitrogen and oxygen atoms in total. The van der Waals surface area contributed by atoms with Gasteiger partial charge in [-0.3, -0.25) is 0 Å². The maximum absolute atomic E-state index is 9.35. The molecule has 0 amide bonds. The average Bonchev–Trinajstić information content (AvgIpc) is 2.04. The number of unbranched alkanes of at least 4 members (excludes halogenated alkanes) is 1. The topological polar surface area (TPSA) is 49.5 Å². The molecule has 0 aliphatic rings. The van der Waals surface area contributed by atoms with Crippen molar-refractivity contribution in [3.63, 3.8) is 0 Å². The lowest BCUT2D eigenvalue weighted by Crippen LogP contribution is -2.39. The SMILES string of the molecule is CCCCN(CCCN)B(C)O. The minimum absolute atomic E-state index is 0.330. The van der Waals surface area contributed by atoms with Gasteiger partial charge in [0.2, 0.25) is 0 Å². The summed E-state index contributed by atoms with van der Waals surface area (Å²) in [4.78, 5) is 2.07. The highest BCUT2D eigenvalue weighted by Crippen LogP contribution is 1.98. The quantitative estimate of drug-likeness (QED) is 0.551. The van der Waals surface area contributed by atoms with E-state index in [1.54, 1.807) is 0 Å². The normalized spacial score (nSPS) is 10.8. The van der Waals surface area contributed by atoms with E-state index in [1.807, 2.05) is 6.82 Å². The minimum atomic E-state index is -0.330. The lowest BCUT2D eigenvalue weighted by Gasteiger charge is -2.22. The first-order valence-electron chi connectivity index (χ1n) is 4.84. The molecule has 0 aliphatic carbocycles. The van der Waals surface area contributed by atoms with Gasteiger partial charge >= 0.3 is 7.05 Å². The molecular weight excluding hydrogens is 151 g/mol. The van der Waals surface area contributed by atoms with E-state index in [2.05, 4.69) is 11.7 Å². The van der Waals surface area contributed by atoms with Gasteiger partial charge in [-0.1, -0.05) is 13.3 Å². The summed E-state index contributed by atoms with van der Waals surface area (Å²) in [6.45, 7) is 6.56. The Morgan fingerprint density at radius 3 is 2.33 bits per heavy atom. The third kappa shape index (κ3) is 5.58. The van der Waals surface area contributed by atoms with Crippen LogP contribution in [0.5, 0.6) is 0 Å². The first-order valence-corrected chi connectivity index (χ1v) is 4.84. The van der Waals surface area contributed by atoms with Gasteiger partial charge in [0.1, 0.15) is 0 Å². The Bertz CT molecular complexity index is 93.1. The van der Waals surface area contributed by atoms with E-state index in [1.165, 1.54) is 6.42 Å². The molecule has 0 aliphatic heterocycles. The Morgan fingerprint density at radius 2 is 1.92 bits per heavy atom. The summed E-state index contributed by atoms with van der Waals surface area (Å²) in [6, 6.07) is 0. The van der Waals surface area contributed by atoms with Crippen molar-refractivity contribution in [3.05, 3.63) is 0 Å². The van der Waals surface area contributed by atoms with Crippen molar-refractivity contribution in [3.8, 4) is 0 Å². The number of rotatable bonds is 7. The molecule has 12 heavy (non-hydrogen) atoms. The second-order valence-corrected chi connectivity index (χ2v) is 3.16. The molecule has 3 N–H and O–H groups in total. The van der Waals surface area contributed by atoms with Crippen LogP contribution in [0.15, 0.2) is 0 Å². The van der Waals surface area contributed by atoms with Crippen molar-refractivity contribution >= 4 is 7.05 Å². The van der Waals surface area contributed by atoms with E-state index < -0.39 is 0 Å². The summed E-state index contributed by atoms with van der Waals surface area (Å²) < 4.78 is 0. The van der Waals surface area contributed by atoms with Gasteiger partial charge in [-0.15, -0.1) is 0 Å². The maximum Gasteiger partial charge on any atom is 0.376 e. The fourth-order valence-corrected chi connectivity index (χ4v) is 1.14. The molecule has 0 heterocycles. The third-order valence-corrected chi connectivity index (χ3v) is 1.98. The predicted octanol–water partition coefficient (Wildman–Crippen LogP) is 0.548. The van der Waals surface area contributed by atoms with E-state index in [-0.39, 0.29) is 7.05 Å². The van der Waals surface area contributed by atoms with Crippen LogP contribution in [-0.2, 0) is 0 Å². The second-order valence-electron chi connectivity index (χ2n) is 3.16. The molecule has 0 saturated carbocycles. The van der Waals surface area contributed by atoms with E-state index in [9.17, 15) is 5.02 Å². The highest BCUT2D eigenvalue weighted by Gasteiger charge is 2.13. The zero-order valence-electron chi connectivity index (χ0n) is 8.29. The van der Waals surface area contributed by atoms with E-state index in [0.29, 0.717) is 6.54 Å². The Labute approximate surface area is 76.1 Å². The van der Waals surface area contributed by atoms with Crippen LogP contribution in [0.2, 0.25) is 6.82 Å². The fourth-order valence-electron chi connectivity index (χ4n) is 1.14. The van der Waals surface area contributed by atoms with Crippen LogP contribution in [0.25, 0.3) is 0 Å². The number of hydrogen-bond acceptors (Lipinski definition) is 3. The molecule has 72 valence electrons. The Kier molecular flexibility index (Phi) is 7.55. The van der Waals surface area contributed by atoms with Crippen LogP contribution in [0.4, 0.5) is 0 Å². The summed E-state index contributed by atoms with van der Waals surface area (Å²) in [7, 11) is -0.330. The van der Waals surface area contributed by atoms with Crippen molar-refractivity contribution in [2.24, 2.45) is 5.73 Å². The van der Waals surface area contributed by atoms with Gasteiger partial charge in [0.15, 0.2) is 0 Å². The molecule has 0 bridgehead atoms. The van der Waals surface area contributed by atoms with Crippen molar-refractivity contribution in [1.29, 1.82) is 0 Å². The van der Waals surface area contributed by atoms with Crippen LogP contribution < -0.4 is 5.73 Å². The molecule has 0 rings (SSSR count). The lowest BCUT2D eigenvalue weighted by atomic mass is 9.84. The molecule has 0 atom stereocenters. The van der Waals surface area contributed by atoms with Crippen molar-refractivity contribution in [2.45, 2.75) is 33.0 Å². The van der Waals surface area contributed by atoms with Crippen molar-refractivity contribution < 1.29 is 5.02 Å². The molecule has 0 aromatic heterocycles. The lowest BCUT2D eigenvalue weighted by molar-refractivity contribution is 0.356. The standard InChI is InChI=1S/C8H21BN2O/c1-3-4-7-11(9(2)12)8-5-6-10/h12H,3-8,10H2,1-2H3. The molecule has 0 aromatic carbocycles. The molecule has 0 radical (unpaired) electrons. The van der Waals surface area contributed by atoms with Crippen molar-refractivity contribution in [1.82, 2.24) is 4.81 Å². The minimum Gasteiger partial charge on any atom is -0.437 e. The smallest absolute Gasteiger partial charge is 0.376 e. The van der Waals surface area contributed by atoms with Crippen LogP contribution in [0.3, 0.4) is 0 Å². The number of hydrogen-bond donors (Lipinski definition) is 2. The largest absolute Gasteiger partial charge is 0.437 e. The Hall–Kier alpha value is -0.0551. The Balaban J connectivity index is 3.55. The molecular formula is C8H21BN2O. The van der Waals surface area contributed by atoms with E-state index >= 15 is 0 Å². The van der Waals surface area contributed by atoms with Crippen LogP contribution in [0.1, 0.15) is 26.2 Å². The number of nitrogens with two attached hydrogens (primary N) is 1. The van der Waals surface area contributed by atoms with Crippen LogP contribution in [0, 0.1) is 0 Å². The van der Waals surface area contributed by atoms with Gasteiger partial charge in [0.05, 0.1) is 0 Å². The monoisotopic (exact) mass is 172 g/mol. The van der Waals surface area contributed by atoms with E-state index in [0.717, 1.165) is 25.9 Å². The first-order chi connectivity index (χ1) is 5.72. The first kappa shape index (κ1) is 11.9. The molecule has 0 unspecified atom stereocenters. The summed E-state index contributed by atoms with van der Waals surface area (Å²) in [5.41, 5.74) is 5.40. The zero-order chi connectivity index (χ0) is 9.40. The molecule has 0 saturated heterocycles.